The molecular weight excluding hydrogens is 769 g/mol. The van der Waals surface area contributed by atoms with Crippen molar-refractivity contribution in [2.45, 2.75) is 5.41 Å². The average Bonchev–Trinajstić information content (AvgIpc) is 3.85. The average molecular weight is 805 g/mol. The van der Waals surface area contributed by atoms with Gasteiger partial charge in [-0.15, -0.1) is 0 Å². The largest absolute Gasteiger partial charge is 0.457 e. The molecule has 11 aromatic rings. The molecule has 1 aliphatic carbocycles. The van der Waals surface area contributed by atoms with Crippen molar-refractivity contribution in [1.29, 1.82) is 0 Å². The van der Waals surface area contributed by atoms with Crippen LogP contribution in [-0.2, 0) is 5.41 Å². The Morgan fingerprint density at radius 2 is 0.841 bits per heavy atom. The second kappa shape index (κ2) is 13.8. The second-order valence-electron chi connectivity index (χ2n) is 16.3. The molecule has 0 bridgehead atoms. The molecule has 5 nitrogen and oxygen atoms in total. The second-order valence-corrected chi connectivity index (χ2v) is 16.3. The summed E-state index contributed by atoms with van der Waals surface area (Å²) in [5, 5.41) is 2.43. The fourth-order valence-electron chi connectivity index (χ4n) is 10.3. The van der Waals surface area contributed by atoms with Crippen LogP contribution in [0.3, 0.4) is 0 Å². The molecule has 2 aliphatic rings. The van der Waals surface area contributed by atoms with E-state index < -0.39 is 5.41 Å². The zero-order chi connectivity index (χ0) is 41.5. The first-order chi connectivity index (χ1) is 31.2. The van der Waals surface area contributed by atoms with Crippen LogP contribution in [-0.4, -0.2) is 19.5 Å². The molecule has 0 saturated carbocycles. The SMILES string of the molecule is c1ccc(-c2ccc(-c3nc(-c4cccc(-n5c6ccccc6c6ccccc65)c4)nc(-c4cccc5c4C4(c6ccccc6Oc6ccccc64)c4ccccc4-5)n3)cc2)cc1. The third-order valence-corrected chi connectivity index (χ3v) is 12.9. The first-order valence-corrected chi connectivity index (χ1v) is 21.4. The van der Waals surface area contributed by atoms with E-state index in [4.69, 9.17) is 19.7 Å². The van der Waals surface area contributed by atoms with E-state index in [0.717, 1.165) is 78.3 Å². The quantitative estimate of drug-likeness (QED) is 0.174. The van der Waals surface area contributed by atoms with Gasteiger partial charge in [0, 0.05) is 44.3 Å². The zero-order valence-corrected chi connectivity index (χ0v) is 34.0. The van der Waals surface area contributed by atoms with Crippen LogP contribution >= 0.6 is 0 Å². The molecule has 0 saturated heterocycles. The molecule has 0 radical (unpaired) electrons. The third-order valence-electron chi connectivity index (χ3n) is 12.9. The molecule has 0 unspecified atom stereocenters. The van der Waals surface area contributed by atoms with Gasteiger partial charge in [0.2, 0.25) is 0 Å². The number of fused-ring (bicyclic) bond motifs is 12. The lowest BCUT2D eigenvalue weighted by Gasteiger charge is -2.40. The summed E-state index contributed by atoms with van der Waals surface area (Å²) in [6.45, 7) is 0. The highest BCUT2D eigenvalue weighted by molar-refractivity contribution is 6.09. The molecular formula is C58H36N4O. The zero-order valence-electron chi connectivity index (χ0n) is 34.0. The summed E-state index contributed by atoms with van der Waals surface area (Å²) >= 11 is 0. The summed E-state index contributed by atoms with van der Waals surface area (Å²) in [5.74, 6) is 3.48. The Morgan fingerprint density at radius 3 is 1.56 bits per heavy atom. The number of hydrogen-bond acceptors (Lipinski definition) is 4. The van der Waals surface area contributed by atoms with E-state index in [2.05, 4.69) is 217 Å². The molecule has 63 heavy (non-hydrogen) atoms. The normalized spacial score (nSPS) is 13.0. The highest BCUT2D eigenvalue weighted by Crippen LogP contribution is 2.63. The molecule has 1 aliphatic heterocycles. The topological polar surface area (TPSA) is 52.8 Å². The van der Waals surface area contributed by atoms with E-state index >= 15 is 0 Å². The lowest BCUT2D eigenvalue weighted by Crippen LogP contribution is -2.32. The van der Waals surface area contributed by atoms with Gasteiger partial charge in [0.25, 0.3) is 0 Å². The van der Waals surface area contributed by atoms with Crippen molar-refractivity contribution >= 4 is 21.8 Å². The first kappa shape index (κ1) is 35.4. The van der Waals surface area contributed by atoms with Crippen LogP contribution in [0.4, 0.5) is 0 Å². The van der Waals surface area contributed by atoms with Gasteiger partial charge in [-0.3, -0.25) is 0 Å². The number of benzene rings is 9. The molecule has 2 aromatic heterocycles. The van der Waals surface area contributed by atoms with Crippen molar-refractivity contribution in [2.75, 3.05) is 0 Å². The van der Waals surface area contributed by atoms with Crippen LogP contribution in [0.15, 0.2) is 218 Å². The molecule has 13 rings (SSSR count). The monoisotopic (exact) mass is 804 g/mol. The highest BCUT2D eigenvalue weighted by Gasteiger charge is 2.52. The first-order valence-electron chi connectivity index (χ1n) is 21.4. The van der Waals surface area contributed by atoms with Crippen molar-refractivity contribution in [3.8, 4) is 73.6 Å². The summed E-state index contributed by atoms with van der Waals surface area (Å²) in [5.41, 5.74) is 14.5. The molecule has 0 amide bonds. The Morgan fingerprint density at radius 1 is 0.349 bits per heavy atom. The fraction of sp³-hybridized carbons (Fsp3) is 0.0172. The van der Waals surface area contributed by atoms with Gasteiger partial charge in [-0.2, -0.15) is 0 Å². The predicted octanol–water partition coefficient (Wildman–Crippen LogP) is 14.1. The van der Waals surface area contributed by atoms with Gasteiger partial charge in [-0.05, 0) is 69.8 Å². The van der Waals surface area contributed by atoms with E-state index in [1.807, 2.05) is 6.07 Å². The van der Waals surface area contributed by atoms with Gasteiger partial charge >= 0.3 is 0 Å². The van der Waals surface area contributed by atoms with E-state index in [1.54, 1.807) is 0 Å². The number of rotatable bonds is 5. The lowest BCUT2D eigenvalue weighted by atomic mass is 9.65. The summed E-state index contributed by atoms with van der Waals surface area (Å²) in [6, 6.07) is 77.1. The standard InChI is InChI=1S/C58H36N4O/c1-2-16-37(17-3-1)38-32-34-39(35-33-38)55-59-56(40-18-14-19-41(36-40)62-50-28-10-5-21-43(50)44-22-6-11-29-51(44)62)61-57(60-55)46-24-15-23-45-42-20-4-7-25-47(42)58(54(45)46)48-26-8-12-30-52(48)63-53-31-13-9-27-49(53)58/h1-36H. The Kier molecular flexibility index (Phi) is 7.75. The summed E-state index contributed by atoms with van der Waals surface area (Å²) < 4.78 is 9.03. The van der Waals surface area contributed by atoms with Crippen LogP contribution in [0, 0.1) is 0 Å². The molecule has 0 N–H and O–H groups in total. The van der Waals surface area contributed by atoms with Crippen LogP contribution in [0.5, 0.6) is 11.5 Å². The summed E-state index contributed by atoms with van der Waals surface area (Å²) in [6.07, 6.45) is 0. The maximum Gasteiger partial charge on any atom is 0.164 e. The third kappa shape index (κ3) is 5.27. The van der Waals surface area contributed by atoms with Crippen molar-refractivity contribution in [3.05, 3.63) is 241 Å². The Balaban J connectivity index is 1.07. The Hall–Kier alpha value is -8.41. The van der Waals surface area contributed by atoms with Gasteiger partial charge in [-0.25, -0.2) is 15.0 Å². The minimum absolute atomic E-state index is 0.597. The van der Waals surface area contributed by atoms with E-state index in [9.17, 15) is 0 Å². The fourth-order valence-corrected chi connectivity index (χ4v) is 10.3. The number of nitrogens with zero attached hydrogens (tertiary/aromatic N) is 4. The lowest BCUT2D eigenvalue weighted by molar-refractivity contribution is 0.436. The smallest absolute Gasteiger partial charge is 0.164 e. The maximum absolute atomic E-state index is 6.69. The van der Waals surface area contributed by atoms with Crippen LogP contribution < -0.4 is 4.74 Å². The van der Waals surface area contributed by atoms with Gasteiger partial charge < -0.3 is 9.30 Å². The number of aromatic nitrogens is 4. The Labute approximate surface area is 364 Å². The predicted molar refractivity (Wildman–Crippen MR) is 253 cm³/mol. The van der Waals surface area contributed by atoms with Gasteiger partial charge in [0.1, 0.15) is 11.5 Å². The minimum Gasteiger partial charge on any atom is -0.457 e. The van der Waals surface area contributed by atoms with Gasteiger partial charge in [-0.1, -0.05) is 182 Å². The number of para-hydroxylation sites is 4. The van der Waals surface area contributed by atoms with Crippen LogP contribution in [0.25, 0.3) is 83.9 Å². The number of hydrogen-bond donors (Lipinski definition) is 0. The molecule has 294 valence electrons. The molecule has 1 spiro atoms. The summed E-state index contributed by atoms with van der Waals surface area (Å²) in [4.78, 5) is 16.2. The van der Waals surface area contributed by atoms with Crippen molar-refractivity contribution < 1.29 is 4.74 Å². The van der Waals surface area contributed by atoms with Gasteiger partial charge in [0.15, 0.2) is 17.5 Å². The van der Waals surface area contributed by atoms with Crippen LogP contribution in [0.1, 0.15) is 22.3 Å². The van der Waals surface area contributed by atoms with E-state index in [-0.39, 0.29) is 0 Å². The minimum atomic E-state index is -0.700. The van der Waals surface area contributed by atoms with E-state index in [0.29, 0.717) is 17.5 Å². The maximum atomic E-state index is 6.69. The molecule has 0 fully saturated rings. The molecule has 3 heterocycles. The Bertz CT molecular complexity index is 3510. The molecule has 9 aromatic carbocycles. The van der Waals surface area contributed by atoms with Crippen molar-refractivity contribution in [1.82, 2.24) is 19.5 Å². The molecule has 5 heteroatoms. The van der Waals surface area contributed by atoms with Crippen molar-refractivity contribution in [3.63, 3.8) is 0 Å². The summed E-state index contributed by atoms with van der Waals surface area (Å²) in [7, 11) is 0. The van der Waals surface area contributed by atoms with Gasteiger partial charge in [0.05, 0.1) is 16.4 Å². The highest BCUT2D eigenvalue weighted by atomic mass is 16.5. The van der Waals surface area contributed by atoms with Crippen molar-refractivity contribution in [2.24, 2.45) is 0 Å². The van der Waals surface area contributed by atoms with Crippen LogP contribution in [0.2, 0.25) is 0 Å². The number of ether oxygens (including phenoxy) is 1. The molecule has 0 atom stereocenters. The van der Waals surface area contributed by atoms with E-state index in [1.165, 1.54) is 21.9 Å².